The second-order valence-electron chi connectivity index (χ2n) is 20.7. The van der Waals surface area contributed by atoms with Crippen molar-refractivity contribution in [1.29, 1.82) is 0 Å². The van der Waals surface area contributed by atoms with E-state index in [1.54, 1.807) is 36.4 Å². The predicted octanol–water partition coefficient (Wildman–Crippen LogP) is 21.6. The molecule has 13 aromatic rings. The van der Waals surface area contributed by atoms with Crippen molar-refractivity contribution < 1.29 is 28.5 Å². The Kier molecular flexibility index (Phi) is 16.2. The highest BCUT2D eigenvalue weighted by molar-refractivity contribution is 6.20. The van der Waals surface area contributed by atoms with Gasteiger partial charge in [0.15, 0.2) is 11.6 Å². The third-order valence-corrected chi connectivity index (χ3v) is 14.9. The Morgan fingerprint density at radius 1 is 0.216 bits per heavy atom. The van der Waals surface area contributed by atoms with Crippen LogP contribution in [0.2, 0.25) is 0 Å². The lowest BCUT2D eigenvalue weighted by Gasteiger charge is -2.26. The normalized spacial score (nSPS) is 10.8. The van der Waals surface area contributed by atoms with Gasteiger partial charge in [-0.1, -0.05) is 164 Å². The van der Waals surface area contributed by atoms with Crippen LogP contribution in [-0.2, 0) is 0 Å². The summed E-state index contributed by atoms with van der Waals surface area (Å²) in [6.45, 7) is 0. The molecule has 0 bridgehead atoms. The first-order valence-corrected chi connectivity index (χ1v) is 28.9. The van der Waals surface area contributed by atoms with Crippen molar-refractivity contribution >= 4 is 45.7 Å². The zero-order valence-corrected chi connectivity index (χ0v) is 47.7. The van der Waals surface area contributed by atoms with Crippen LogP contribution in [0.5, 0.6) is 46.0 Å². The Balaban J connectivity index is 0.877. The number of anilines is 6. The summed E-state index contributed by atoms with van der Waals surface area (Å²) < 4.78 is 24.9. The number of para-hydroxylation sites is 4. The first-order chi connectivity index (χ1) is 43.4. The van der Waals surface area contributed by atoms with Gasteiger partial charge in [0.1, 0.15) is 46.0 Å². The molecule has 0 fully saturated rings. The number of hydrogen-bond acceptors (Lipinski definition) is 8. The van der Waals surface area contributed by atoms with E-state index in [0.717, 1.165) is 79.4 Å². The average Bonchev–Trinajstić information content (AvgIpc) is 3.06. The Morgan fingerprint density at radius 3 is 0.784 bits per heavy atom. The molecule has 0 aliphatic rings. The van der Waals surface area contributed by atoms with Crippen molar-refractivity contribution in [3.8, 4) is 68.2 Å². The number of ether oxygens (including phenoxy) is 4. The van der Waals surface area contributed by atoms with Crippen molar-refractivity contribution in [2.24, 2.45) is 0 Å². The van der Waals surface area contributed by atoms with Crippen molar-refractivity contribution in [2.45, 2.75) is 0 Å². The molecule has 0 aliphatic heterocycles. The molecule has 0 heterocycles. The minimum atomic E-state index is -0.263. The van der Waals surface area contributed by atoms with E-state index in [1.807, 2.05) is 231 Å². The molecule has 8 nitrogen and oxygen atoms in total. The molecule has 0 spiro atoms. The standard InChI is InChI=1S/C80H56N2O6/c83-79(59-18-6-1-7-19-59)76-28-16-17-29-77(76)80(84)60-34-55-75(57-30-35-61(36-31-57)81(63-39-47-71(48-40-63)85-67-20-8-2-9-21-67)64-41-49-72(50-42-64)86-68-22-10-3-11-23-68)78(56-60)58-32-37-62(38-33-58)82(65-43-51-73(52-44-65)87-69-24-12-4-13-25-69)66-45-53-74(54-46-66)88-70-26-14-5-15-27-70/h1-56H. The molecule has 0 amide bonds. The number of carbonyl (C=O) groups is 2. The molecular weight excluding hydrogens is 1080 g/mol. The summed E-state index contributed by atoms with van der Waals surface area (Å²) in [6, 6.07) is 110. The van der Waals surface area contributed by atoms with Gasteiger partial charge in [-0.15, -0.1) is 0 Å². The Bertz CT molecular complexity index is 4290. The van der Waals surface area contributed by atoms with E-state index >= 15 is 0 Å². The van der Waals surface area contributed by atoms with Crippen LogP contribution in [0.1, 0.15) is 31.8 Å². The minimum Gasteiger partial charge on any atom is -0.457 e. The Morgan fingerprint density at radius 2 is 0.466 bits per heavy atom. The maximum Gasteiger partial charge on any atom is 0.193 e. The van der Waals surface area contributed by atoms with Gasteiger partial charge >= 0.3 is 0 Å². The van der Waals surface area contributed by atoms with Gasteiger partial charge in [-0.05, 0) is 198 Å². The van der Waals surface area contributed by atoms with Crippen molar-refractivity contribution in [2.75, 3.05) is 9.80 Å². The van der Waals surface area contributed by atoms with Crippen molar-refractivity contribution in [3.05, 3.63) is 362 Å². The molecule has 0 aromatic heterocycles. The molecule has 0 N–H and O–H groups in total. The van der Waals surface area contributed by atoms with Gasteiger partial charge in [0.25, 0.3) is 0 Å². The Hall–Kier alpha value is -12.0. The number of ketones is 2. The molecule has 0 saturated carbocycles. The zero-order chi connectivity index (χ0) is 59.4. The van der Waals surface area contributed by atoms with Gasteiger partial charge in [-0.3, -0.25) is 9.59 Å². The van der Waals surface area contributed by atoms with Crippen LogP contribution in [0.4, 0.5) is 34.1 Å². The van der Waals surface area contributed by atoms with E-state index in [0.29, 0.717) is 45.3 Å². The molecule has 0 aliphatic carbocycles. The van der Waals surface area contributed by atoms with Crippen molar-refractivity contribution in [3.63, 3.8) is 0 Å². The van der Waals surface area contributed by atoms with Crippen LogP contribution in [0.25, 0.3) is 22.3 Å². The quantitative estimate of drug-likeness (QED) is 0.0699. The summed E-state index contributed by atoms with van der Waals surface area (Å²) in [5.74, 6) is 5.35. The maximum absolute atomic E-state index is 15.0. The largest absolute Gasteiger partial charge is 0.457 e. The Labute approximate surface area is 511 Å². The highest BCUT2D eigenvalue weighted by Gasteiger charge is 2.23. The third-order valence-electron chi connectivity index (χ3n) is 14.9. The van der Waals surface area contributed by atoms with Gasteiger partial charge in [0.05, 0.1) is 0 Å². The first kappa shape index (κ1) is 55.2. The molecule has 88 heavy (non-hydrogen) atoms. The summed E-state index contributed by atoms with van der Waals surface area (Å²) in [5.41, 5.74) is 10.6. The molecule has 0 saturated heterocycles. The number of nitrogens with zero attached hydrogens (tertiary/aromatic N) is 2. The molecule has 0 unspecified atom stereocenters. The van der Waals surface area contributed by atoms with E-state index in [1.165, 1.54) is 0 Å². The van der Waals surface area contributed by atoms with Crippen LogP contribution < -0.4 is 28.7 Å². The van der Waals surface area contributed by atoms with E-state index in [2.05, 4.69) is 82.6 Å². The predicted molar refractivity (Wildman–Crippen MR) is 352 cm³/mol. The smallest absolute Gasteiger partial charge is 0.193 e. The van der Waals surface area contributed by atoms with Crippen LogP contribution in [0, 0.1) is 0 Å². The SMILES string of the molecule is O=C(c1ccccc1)c1ccccc1C(=O)c1ccc(-c2ccc(N(c3ccc(Oc4ccccc4)cc3)c3ccc(Oc4ccccc4)cc3)cc2)c(-c2ccc(N(c3ccc(Oc4ccccc4)cc3)c3ccc(Oc4ccccc4)cc3)cc2)c1. The second-order valence-corrected chi connectivity index (χ2v) is 20.7. The number of hydrogen-bond donors (Lipinski definition) is 0. The number of rotatable bonds is 20. The summed E-state index contributed by atoms with van der Waals surface area (Å²) in [7, 11) is 0. The lowest BCUT2D eigenvalue weighted by Crippen LogP contribution is -2.11. The molecule has 422 valence electrons. The molecular formula is C80H56N2O6. The lowest BCUT2D eigenvalue weighted by atomic mass is 9.89. The minimum absolute atomic E-state index is 0.222. The van der Waals surface area contributed by atoms with Crippen LogP contribution >= 0.6 is 0 Å². The van der Waals surface area contributed by atoms with Crippen LogP contribution in [0.3, 0.4) is 0 Å². The third kappa shape index (κ3) is 12.7. The summed E-state index contributed by atoms with van der Waals surface area (Å²) >= 11 is 0. The molecule has 8 heteroatoms. The summed E-state index contributed by atoms with van der Waals surface area (Å²) in [6.07, 6.45) is 0. The molecule has 13 rings (SSSR count). The van der Waals surface area contributed by atoms with Gasteiger partial charge < -0.3 is 28.7 Å². The highest BCUT2D eigenvalue weighted by atomic mass is 16.5. The number of benzene rings is 13. The van der Waals surface area contributed by atoms with Crippen molar-refractivity contribution in [1.82, 2.24) is 0 Å². The van der Waals surface area contributed by atoms with E-state index < -0.39 is 0 Å². The fourth-order valence-electron chi connectivity index (χ4n) is 10.6. The number of carbonyl (C=O) groups excluding carboxylic acids is 2. The van der Waals surface area contributed by atoms with Crippen LogP contribution in [0.15, 0.2) is 340 Å². The summed E-state index contributed by atoms with van der Waals surface area (Å²) in [4.78, 5) is 33.4. The van der Waals surface area contributed by atoms with Gasteiger partial charge in [-0.25, -0.2) is 0 Å². The zero-order valence-electron chi connectivity index (χ0n) is 47.7. The van der Waals surface area contributed by atoms with Gasteiger partial charge in [-0.2, -0.15) is 0 Å². The average molecular weight is 1140 g/mol. The fourth-order valence-corrected chi connectivity index (χ4v) is 10.6. The monoisotopic (exact) mass is 1140 g/mol. The van der Waals surface area contributed by atoms with E-state index in [9.17, 15) is 9.59 Å². The van der Waals surface area contributed by atoms with E-state index in [-0.39, 0.29) is 11.6 Å². The fraction of sp³-hybridized carbons (Fsp3) is 0. The topological polar surface area (TPSA) is 77.5 Å². The molecule has 0 atom stereocenters. The molecule has 13 aromatic carbocycles. The van der Waals surface area contributed by atoms with Gasteiger partial charge in [0, 0.05) is 56.4 Å². The van der Waals surface area contributed by atoms with Crippen LogP contribution in [-0.4, -0.2) is 11.6 Å². The maximum atomic E-state index is 15.0. The van der Waals surface area contributed by atoms with Gasteiger partial charge in [0.2, 0.25) is 0 Å². The van der Waals surface area contributed by atoms with E-state index in [4.69, 9.17) is 18.9 Å². The second kappa shape index (κ2) is 25.9. The molecule has 0 radical (unpaired) electrons. The first-order valence-electron chi connectivity index (χ1n) is 28.9. The highest BCUT2D eigenvalue weighted by Crippen LogP contribution is 2.43. The summed E-state index contributed by atoms with van der Waals surface area (Å²) in [5, 5.41) is 0. The lowest BCUT2D eigenvalue weighted by molar-refractivity contribution is 0.100.